The highest BCUT2D eigenvalue weighted by Gasteiger charge is 2.25. The fourth-order valence-electron chi connectivity index (χ4n) is 6.72. The summed E-state index contributed by atoms with van der Waals surface area (Å²) in [6.45, 7) is 6.34. The quantitative estimate of drug-likeness (QED) is 0.224. The first-order chi connectivity index (χ1) is 16.8. The monoisotopic (exact) mass is 470 g/mol. The first-order valence-corrected chi connectivity index (χ1v) is 15.2. The van der Waals surface area contributed by atoms with Crippen LogP contribution < -0.4 is 9.47 Å². The van der Waals surface area contributed by atoms with E-state index < -0.39 is 0 Å². The van der Waals surface area contributed by atoms with Crippen LogP contribution in [0.15, 0.2) is 24.3 Å². The second-order valence-electron chi connectivity index (χ2n) is 11.3. The van der Waals surface area contributed by atoms with Crippen LogP contribution in [0.25, 0.3) is 0 Å². The first-order valence-electron chi connectivity index (χ1n) is 15.2. The van der Waals surface area contributed by atoms with Gasteiger partial charge in [0.1, 0.15) is 11.5 Å². The zero-order chi connectivity index (χ0) is 23.8. The van der Waals surface area contributed by atoms with E-state index in [4.69, 9.17) is 9.47 Å². The normalized spacial score (nSPS) is 25.2. The van der Waals surface area contributed by atoms with Crippen LogP contribution in [-0.2, 0) is 0 Å². The number of hydrogen-bond acceptors (Lipinski definition) is 2. The molecule has 2 heteroatoms. The van der Waals surface area contributed by atoms with E-state index in [0.29, 0.717) is 0 Å². The number of benzene rings is 1. The lowest BCUT2D eigenvalue weighted by Gasteiger charge is -2.31. The first kappa shape index (κ1) is 27.4. The largest absolute Gasteiger partial charge is 0.494 e. The average molecular weight is 471 g/mol. The molecular formula is C32H54O2. The molecule has 0 bridgehead atoms. The minimum absolute atomic E-state index is 0.845. The maximum Gasteiger partial charge on any atom is 0.119 e. The van der Waals surface area contributed by atoms with Gasteiger partial charge in [-0.15, -0.1) is 0 Å². The van der Waals surface area contributed by atoms with Crippen LogP contribution in [0.1, 0.15) is 129 Å². The van der Waals surface area contributed by atoms with Crippen molar-refractivity contribution in [3.63, 3.8) is 0 Å². The van der Waals surface area contributed by atoms with Crippen molar-refractivity contribution in [3.05, 3.63) is 24.3 Å². The van der Waals surface area contributed by atoms with Crippen molar-refractivity contribution in [2.45, 2.75) is 129 Å². The third-order valence-corrected chi connectivity index (χ3v) is 8.79. The van der Waals surface area contributed by atoms with Crippen molar-refractivity contribution in [2.24, 2.45) is 23.7 Å². The molecule has 194 valence electrons. The van der Waals surface area contributed by atoms with E-state index in [-0.39, 0.29) is 0 Å². The summed E-state index contributed by atoms with van der Waals surface area (Å²) in [6.07, 6.45) is 25.1. The van der Waals surface area contributed by atoms with Crippen LogP contribution in [0.2, 0.25) is 0 Å². The van der Waals surface area contributed by atoms with Gasteiger partial charge in [0.15, 0.2) is 0 Å². The molecule has 4 atom stereocenters. The van der Waals surface area contributed by atoms with E-state index in [9.17, 15) is 0 Å². The highest BCUT2D eigenvalue weighted by atomic mass is 16.5. The van der Waals surface area contributed by atoms with Crippen molar-refractivity contribution < 1.29 is 9.47 Å². The van der Waals surface area contributed by atoms with Crippen molar-refractivity contribution in [3.8, 4) is 11.5 Å². The Morgan fingerprint density at radius 2 is 0.853 bits per heavy atom. The average Bonchev–Trinajstić information content (AvgIpc) is 2.88. The number of ether oxygens (including phenoxy) is 2. The van der Waals surface area contributed by atoms with Gasteiger partial charge < -0.3 is 9.47 Å². The van der Waals surface area contributed by atoms with E-state index in [0.717, 1.165) is 48.4 Å². The smallest absolute Gasteiger partial charge is 0.119 e. The molecule has 0 radical (unpaired) electrons. The highest BCUT2D eigenvalue weighted by molar-refractivity contribution is 5.31. The number of hydrogen-bond donors (Lipinski definition) is 0. The third kappa shape index (κ3) is 9.82. The van der Waals surface area contributed by atoms with E-state index in [2.05, 4.69) is 38.1 Å². The van der Waals surface area contributed by atoms with Crippen molar-refractivity contribution in [1.82, 2.24) is 0 Å². The van der Waals surface area contributed by atoms with Crippen molar-refractivity contribution in [1.29, 1.82) is 0 Å². The van der Waals surface area contributed by atoms with Crippen LogP contribution in [0.5, 0.6) is 11.5 Å². The molecule has 2 aliphatic rings. The van der Waals surface area contributed by atoms with Gasteiger partial charge in [-0.05, 0) is 73.6 Å². The minimum atomic E-state index is 0.845. The van der Waals surface area contributed by atoms with Gasteiger partial charge >= 0.3 is 0 Å². The molecule has 0 saturated heterocycles. The van der Waals surface area contributed by atoms with Crippen LogP contribution in [-0.4, -0.2) is 13.2 Å². The van der Waals surface area contributed by atoms with Crippen LogP contribution >= 0.6 is 0 Å². The molecule has 0 heterocycles. The molecule has 0 N–H and O–H groups in total. The Bertz CT molecular complexity index is 569. The van der Waals surface area contributed by atoms with Crippen molar-refractivity contribution in [2.75, 3.05) is 13.2 Å². The number of unbranched alkanes of at least 4 members (excludes halogenated alkanes) is 2. The lowest BCUT2D eigenvalue weighted by atomic mass is 9.75. The summed E-state index contributed by atoms with van der Waals surface area (Å²) in [5.41, 5.74) is 0. The van der Waals surface area contributed by atoms with Gasteiger partial charge in [-0.25, -0.2) is 0 Å². The Kier molecular flexibility index (Phi) is 13.3. The predicted octanol–water partition coefficient (Wildman–Crippen LogP) is 10.00. The summed E-state index contributed by atoms with van der Waals surface area (Å²) < 4.78 is 12.1. The second-order valence-corrected chi connectivity index (χ2v) is 11.3. The highest BCUT2D eigenvalue weighted by Crippen LogP contribution is 2.37. The Hall–Kier alpha value is -1.18. The standard InChI is InChI=1S/C32H54O2/c1-3-5-13-27-15-7-9-17-29(27)19-11-25-33-31-21-23-32(24-22-31)34-26-12-20-30-18-10-8-16-28(30)14-6-4-2/h21-24,27-30H,3-20,25-26H2,1-2H3. The summed E-state index contributed by atoms with van der Waals surface area (Å²) in [5.74, 6) is 5.81. The molecule has 2 saturated carbocycles. The topological polar surface area (TPSA) is 18.5 Å². The maximum atomic E-state index is 6.06. The predicted molar refractivity (Wildman–Crippen MR) is 146 cm³/mol. The Labute approximate surface area is 211 Å². The van der Waals surface area contributed by atoms with Gasteiger partial charge in [0.05, 0.1) is 13.2 Å². The SMILES string of the molecule is CCCCC1CCCCC1CCCOc1ccc(OCCCC2CCCCC2CCCC)cc1. The van der Waals surface area contributed by atoms with E-state index >= 15 is 0 Å². The summed E-state index contributed by atoms with van der Waals surface area (Å²) in [6, 6.07) is 8.34. The van der Waals surface area contributed by atoms with Crippen LogP contribution in [0, 0.1) is 23.7 Å². The van der Waals surface area contributed by atoms with Gasteiger partial charge in [-0.2, -0.15) is 0 Å². The van der Waals surface area contributed by atoms with Gasteiger partial charge in [0.25, 0.3) is 0 Å². The van der Waals surface area contributed by atoms with Crippen molar-refractivity contribution >= 4 is 0 Å². The number of rotatable bonds is 16. The van der Waals surface area contributed by atoms with Gasteiger partial charge in [-0.1, -0.05) is 104 Å². The summed E-state index contributed by atoms with van der Waals surface area (Å²) in [7, 11) is 0. The molecule has 0 aromatic heterocycles. The fourth-order valence-corrected chi connectivity index (χ4v) is 6.72. The van der Waals surface area contributed by atoms with Crippen LogP contribution in [0.4, 0.5) is 0 Å². The lowest BCUT2D eigenvalue weighted by molar-refractivity contribution is 0.190. The maximum absolute atomic E-state index is 6.06. The Morgan fingerprint density at radius 3 is 1.18 bits per heavy atom. The zero-order valence-electron chi connectivity index (χ0n) is 22.6. The molecule has 2 aliphatic carbocycles. The molecule has 1 aromatic carbocycles. The van der Waals surface area contributed by atoms with Gasteiger partial charge in [0, 0.05) is 0 Å². The second kappa shape index (κ2) is 16.5. The molecular weight excluding hydrogens is 416 g/mol. The summed E-state index contributed by atoms with van der Waals surface area (Å²) in [5, 5.41) is 0. The molecule has 2 fully saturated rings. The molecule has 1 aromatic rings. The zero-order valence-corrected chi connectivity index (χ0v) is 22.6. The molecule has 0 amide bonds. The molecule has 2 nitrogen and oxygen atoms in total. The Balaban J connectivity index is 1.28. The third-order valence-electron chi connectivity index (χ3n) is 8.79. The van der Waals surface area contributed by atoms with E-state index in [1.165, 1.54) is 116 Å². The van der Waals surface area contributed by atoms with E-state index in [1.807, 2.05) is 0 Å². The minimum Gasteiger partial charge on any atom is -0.494 e. The summed E-state index contributed by atoms with van der Waals surface area (Å²) >= 11 is 0. The molecule has 34 heavy (non-hydrogen) atoms. The van der Waals surface area contributed by atoms with Gasteiger partial charge in [-0.3, -0.25) is 0 Å². The Morgan fingerprint density at radius 1 is 0.529 bits per heavy atom. The lowest BCUT2D eigenvalue weighted by Crippen LogP contribution is -2.20. The molecule has 3 rings (SSSR count). The molecule has 0 aliphatic heterocycles. The molecule has 0 spiro atoms. The summed E-state index contributed by atoms with van der Waals surface area (Å²) in [4.78, 5) is 0. The van der Waals surface area contributed by atoms with Crippen LogP contribution in [0.3, 0.4) is 0 Å². The fraction of sp³-hybridized carbons (Fsp3) is 0.812. The molecule has 4 unspecified atom stereocenters. The van der Waals surface area contributed by atoms with E-state index in [1.54, 1.807) is 0 Å². The van der Waals surface area contributed by atoms with Gasteiger partial charge in [0.2, 0.25) is 0 Å².